The number of fused-ring (bicyclic) bond motifs is 1. The van der Waals surface area contributed by atoms with E-state index in [1.165, 1.54) is 0 Å². The van der Waals surface area contributed by atoms with Gasteiger partial charge in [0.2, 0.25) is 5.78 Å². The van der Waals surface area contributed by atoms with E-state index in [4.69, 9.17) is 9.47 Å². The lowest BCUT2D eigenvalue weighted by atomic mass is 10.1. The zero-order valence-corrected chi connectivity index (χ0v) is 14.7. The zero-order valence-electron chi connectivity index (χ0n) is 13.9. The van der Waals surface area contributed by atoms with Crippen LogP contribution >= 0.6 is 11.3 Å². The standard InChI is InChI=1S/C22H16O3S/c23-22-19-11-10-17(24-12-4-8-16-6-2-1-3-7-16)14-20(19)25-21(22)15-18-9-5-13-26-18/h1-11,13-15H,12H2. The summed E-state index contributed by atoms with van der Waals surface area (Å²) in [6.45, 7) is 0.444. The molecule has 128 valence electrons. The molecule has 0 spiro atoms. The summed E-state index contributed by atoms with van der Waals surface area (Å²) in [6.07, 6.45) is 5.74. The molecule has 0 saturated heterocycles. The van der Waals surface area contributed by atoms with Gasteiger partial charge in [0.05, 0.1) is 5.56 Å². The second-order valence-electron chi connectivity index (χ2n) is 5.74. The van der Waals surface area contributed by atoms with Gasteiger partial charge in [-0.05, 0) is 35.2 Å². The van der Waals surface area contributed by atoms with Crippen molar-refractivity contribution in [1.82, 2.24) is 0 Å². The minimum Gasteiger partial charge on any atom is -0.489 e. The summed E-state index contributed by atoms with van der Waals surface area (Å²) in [4.78, 5) is 13.4. The predicted octanol–water partition coefficient (Wildman–Crippen LogP) is 5.46. The monoisotopic (exact) mass is 360 g/mol. The van der Waals surface area contributed by atoms with E-state index in [1.807, 2.05) is 60.0 Å². The third-order valence-corrected chi connectivity index (χ3v) is 4.73. The summed E-state index contributed by atoms with van der Waals surface area (Å²) in [5, 5.41) is 1.97. The van der Waals surface area contributed by atoms with Gasteiger partial charge in [0.1, 0.15) is 18.1 Å². The summed E-state index contributed by atoms with van der Waals surface area (Å²) >= 11 is 1.56. The molecular weight excluding hydrogens is 344 g/mol. The molecule has 4 rings (SSSR count). The molecule has 0 atom stereocenters. The van der Waals surface area contributed by atoms with Gasteiger partial charge in [0, 0.05) is 17.0 Å². The normalized spacial score (nSPS) is 14.6. The number of carbonyl (C=O) groups is 1. The van der Waals surface area contributed by atoms with Gasteiger partial charge >= 0.3 is 0 Å². The molecule has 26 heavy (non-hydrogen) atoms. The van der Waals surface area contributed by atoms with Gasteiger partial charge in [-0.25, -0.2) is 0 Å². The van der Waals surface area contributed by atoms with Crippen LogP contribution in [-0.2, 0) is 0 Å². The number of thiophene rings is 1. The minimum absolute atomic E-state index is 0.0936. The highest BCUT2D eigenvalue weighted by Gasteiger charge is 2.27. The molecular formula is C22H16O3S. The van der Waals surface area contributed by atoms with Crippen LogP contribution in [0, 0.1) is 0 Å². The molecule has 0 fully saturated rings. The summed E-state index contributed by atoms with van der Waals surface area (Å²) in [6, 6.07) is 19.3. The number of benzene rings is 2. The first-order valence-electron chi connectivity index (χ1n) is 8.26. The number of allylic oxidation sites excluding steroid dienone is 1. The molecule has 2 heterocycles. The predicted molar refractivity (Wildman–Crippen MR) is 105 cm³/mol. The molecule has 4 heteroatoms. The van der Waals surface area contributed by atoms with Gasteiger partial charge in [0.25, 0.3) is 0 Å². The van der Waals surface area contributed by atoms with Crippen LogP contribution in [0.2, 0.25) is 0 Å². The molecule has 0 N–H and O–H groups in total. The van der Waals surface area contributed by atoms with Crippen LogP contribution in [0.25, 0.3) is 12.2 Å². The fourth-order valence-corrected chi connectivity index (χ4v) is 3.30. The fourth-order valence-electron chi connectivity index (χ4n) is 2.65. The number of Topliss-reactive ketones (excluding diaryl/α,β-unsaturated/α-hetero) is 1. The molecule has 3 nitrogen and oxygen atoms in total. The number of hydrogen-bond acceptors (Lipinski definition) is 4. The van der Waals surface area contributed by atoms with Crippen LogP contribution in [0.15, 0.2) is 77.9 Å². The van der Waals surface area contributed by atoms with Crippen molar-refractivity contribution in [2.45, 2.75) is 0 Å². The lowest BCUT2D eigenvalue weighted by Crippen LogP contribution is -1.97. The highest BCUT2D eigenvalue weighted by molar-refractivity contribution is 7.10. The van der Waals surface area contributed by atoms with Gasteiger partial charge in [-0.1, -0.05) is 42.5 Å². The highest BCUT2D eigenvalue weighted by atomic mass is 32.1. The second kappa shape index (κ2) is 7.42. The van der Waals surface area contributed by atoms with Crippen molar-refractivity contribution < 1.29 is 14.3 Å². The fraction of sp³-hybridized carbons (Fsp3) is 0.0455. The van der Waals surface area contributed by atoms with Crippen molar-refractivity contribution >= 4 is 29.3 Å². The average Bonchev–Trinajstić information content (AvgIpc) is 3.28. The van der Waals surface area contributed by atoms with E-state index in [9.17, 15) is 4.79 Å². The Morgan fingerprint density at radius 3 is 2.73 bits per heavy atom. The average molecular weight is 360 g/mol. The number of ether oxygens (including phenoxy) is 2. The molecule has 0 aliphatic carbocycles. The molecule has 0 radical (unpaired) electrons. The van der Waals surface area contributed by atoms with Crippen LogP contribution in [-0.4, -0.2) is 12.4 Å². The van der Waals surface area contributed by atoms with E-state index >= 15 is 0 Å². The van der Waals surface area contributed by atoms with E-state index < -0.39 is 0 Å². The third kappa shape index (κ3) is 3.60. The molecule has 0 unspecified atom stereocenters. The first-order chi connectivity index (χ1) is 12.8. The molecule has 0 saturated carbocycles. The van der Waals surface area contributed by atoms with E-state index in [0.29, 0.717) is 29.4 Å². The molecule has 1 aliphatic rings. The summed E-state index contributed by atoms with van der Waals surface area (Å²) in [7, 11) is 0. The number of carbonyl (C=O) groups excluding carboxylic acids is 1. The lowest BCUT2D eigenvalue weighted by molar-refractivity contribution is 0.101. The topological polar surface area (TPSA) is 35.5 Å². The first-order valence-corrected chi connectivity index (χ1v) is 9.14. The third-order valence-electron chi connectivity index (χ3n) is 3.91. The van der Waals surface area contributed by atoms with Crippen molar-refractivity contribution in [1.29, 1.82) is 0 Å². The first kappa shape index (κ1) is 16.4. The Hall–Kier alpha value is -3.11. The van der Waals surface area contributed by atoms with E-state index in [0.717, 1.165) is 10.4 Å². The van der Waals surface area contributed by atoms with Crippen molar-refractivity contribution in [2.24, 2.45) is 0 Å². The van der Waals surface area contributed by atoms with Crippen molar-refractivity contribution in [3.63, 3.8) is 0 Å². The molecule has 1 aromatic heterocycles. The van der Waals surface area contributed by atoms with Crippen LogP contribution in [0.4, 0.5) is 0 Å². The highest BCUT2D eigenvalue weighted by Crippen LogP contribution is 2.35. The Morgan fingerprint density at radius 2 is 1.92 bits per heavy atom. The Bertz CT molecular complexity index is 970. The molecule has 2 aromatic carbocycles. The maximum atomic E-state index is 12.4. The van der Waals surface area contributed by atoms with Crippen LogP contribution in [0.5, 0.6) is 11.5 Å². The van der Waals surface area contributed by atoms with Crippen molar-refractivity contribution in [3.8, 4) is 11.5 Å². The Morgan fingerprint density at radius 1 is 1.04 bits per heavy atom. The zero-order chi connectivity index (χ0) is 17.8. The Labute approximate surface area is 155 Å². The van der Waals surface area contributed by atoms with Crippen LogP contribution in [0.3, 0.4) is 0 Å². The SMILES string of the molecule is O=C1C(=Cc2cccs2)Oc2cc(OCC=Cc3ccccc3)ccc21. The number of hydrogen-bond donors (Lipinski definition) is 0. The molecule has 0 bridgehead atoms. The van der Waals surface area contributed by atoms with Crippen LogP contribution < -0.4 is 9.47 Å². The largest absolute Gasteiger partial charge is 0.489 e. The summed E-state index contributed by atoms with van der Waals surface area (Å²) in [5.41, 5.74) is 1.70. The van der Waals surface area contributed by atoms with E-state index in [-0.39, 0.29) is 5.78 Å². The number of ketones is 1. The Balaban J connectivity index is 1.43. The molecule has 1 aliphatic heterocycles. The van der Waals surface area contributed by atoms with E-state index in [1.54, 1.807) is 35.6 Å². The lowest BCUT2D eigenvalue weighted by Gasteiger charge is -2.04. The summed E-state index contributed by atoms with van der Waals surface area (Å²) in [5.74, 6) is 1.47. The van der Waals surface area contributed by atoms with Crippen LogP contribution in [0.1, 0.15) is 20.8 Å². The minimum atomic E-state index is -0.0936. The molecule has 0 amide bonds. The van der Waals surface area contributed by atoms with Gasteiger partial charge in [0.15, 0.2) is 5.76 Å². The van der Waals surface area contributed by atoms with Gasteiger partial charge < -0.3 is 9.47 Å². The van der Waals surface area contributed by atoms with E-state index in [2.05, 4.69) is 0 Å². The maximum Gasteiger partial charge on any atom is 0.232 e. The summed E-state index contributed by atoms with van der Waals surface area (Å²) < 4.78 is 11.5. The molecule has 3 aromatic rings. The van der Waals surface area contributed by atoms with Crippen molar-refractivity contribution in [2.75, 3.05) is 6.61 Å². The number of rotatable bonds is 5. The van der Waals surface area contributed by atoms with Gasteiger partial charge in [-0.3, -0.25) is 4.79 Å². The van der Waals surface area contributed by atoms with Crippen molar-refractivity contribution in [3.05, 3.63) is 93.9 Å². The smallest absolute Gasteiger partial charge is 0.232 e. The van der Waals surface area contributed by atoms with Gasteiger partial charge in [-0.15, -0.1) is 11.3 Å². The maximum absolute atomic E-state index is 12.4. The quantitative estimate of drug-likeness (QED) is 0.567. The second-order valence-corrected chi connectivity index (χ2v) is 6.72. The Kier molecular flexibility index (Phi) is 4.67. The van der Waals surface area contributed by atoms with Gasteiger partial charge in [-0.2, -0.15) is 0 Å².